The predicted molar refractivity (Wildman–Crippen MR) is 210 cm³/mol. The van der Waals surface area contributed by atoms with Gasteiger partial charge in [0.05, 0.1) is 0 Å². The molecular weight excluding hydrogens is 625 g/mol. The van der Waals surface area contributed by atoms with Crippen molar-refractivity contribution >= 4 is 65.8 Å². The zero-order chi connectivity index (χ0) is 33.5. The van der Waals surface area contributed by atoms with Crippen LogP contribution in [0.3, 0.4) is 0 Å². The third-order valence-electron chi connectivity index (χ3n) is 10.3. The standard InChI is InChI=1S/C48H28O3/c1-3-25-43-37(15-1)39-21-7-17-33(45(39)49-43)29-11-5-13-31(27-29)35-19-9-23-41-42-24-10-20-36(48(42)51-47(35)41)32-14-6-12-30(28-32)34-18-8-22-40-38-16-2-4-26-44(38)50-46(34)40/h1-28H. The van der Waals surface area contributed by atoms with Gasteiger partial charge < -0.3 is 13.3 Å². The summed E-state index contributed by atoms with van der Waals surface area (Å²) < 4.78 is 19.7. The Morgan fingerprint density at radius 1 is 0.235 bits per heavy atom. The molecule has 8 aromatic carbocycles. The molecule has 0 atom stereocenters. The average Bonchev–Trinajstić information content (AvgIpc) is 3.89. The van der Waals surface area contributed by atoms with Gasteiger partial charge in [0.15, 0.2) is 0 Å². The highest BCUT2D eigenvalue weighted by Gasteiger charge is 2.18. The van der Waals surface area contributed by atoms with E-state index in [0.717, 1.165) is 110 Å². The molecule has 3 heteroatoms. The monoisotopic (exact) mass is 652 g/mol. The molecule has 0 radical (unpaired) electrons. The van der Waals surface area contributed by atoms with Crippen molar-refractivity contribution < 1.29 is 13.3 Å². The topological polar surface area (TPSA) is 39.4 Å². The van der Waals surface area contributed by atoms with Crippen LogP contribution in [0.1, 0.15) is 0 Å². The highest BCUT2D eigenvalue weighted by molar-refractivity contribution is 6.14. The van der Waals surface area contributed by atoms with Crippen LogP contribution in [0.25, 0.3) is 110 Å². The van der Waals surface area contributed by atoms with Crippen molar-refractivity contribution in [1.29, 1.82) is 0 Å². The average molecular weight is 653 g/mol. The minimum atomic E-state index is 0.877. The van der Waals surface area contributed by atoms with E-state index in [1.807, 2.05) is 24.3 Å². The maximum Gasteiger partial charge on any atom is 0.143 e. The van der Waals surface area contributed by atoms with Crippen LogP contribution in [-0.4, -0.2) is 0 Å². The molecule has 0 aliphatic carbocycles. The van der Waals surface area contributed by atoms with Crippen LogP contribution < -0.4 is 0 Å². The quantitative estimate of drug-likeness (QED) is 0.190. The zero-order valence-electron chi connectivity index (χ0n) is 27.4. The molecule has 0 saturated carbocycles. The summed E-state index contributed by atoms with van der Waals surface area (Å²) in [6.07, 6.45) is 0. The van der Waals surface area contributed by atoms with Gasteiger partial charge in [-0.25, -0.2) is 0 Å². The second kappa shape index (κ2) is 10.8. The molecular formula is C48H28O3. The third-order valence-corrected chi connectivity index (χ3v) is 10.3. The Balaban J connectivity index is 1.04. The summed E-state index contributed by atoms with van der Waals surface area (Å²) in [5.74, 6) is 0. The lowest BCUT2D eigenvalue weighted by Gasteiger charge is -2.08. The Morgan fingerprint density at radius 2 is 0.529 bits per heavy atom. The highest BCUT2D eigenvalue weighted by atomic mass is 16.3. The van der Waals surface area contributed by atoms with Crippen molar-refractivity contribution in [2.24, 2.45) is 0 Å². The number of rotatable bonds is 4. The van der Waals surface area contributed by atoms with Gasteiger partial charge in [-0.05, 0) is 46.5 Å². The summed E-state index contributed by atoms with van der Waals surface area (Å²) in [6.45, 7) is 0. The van der Waals surface area contributed by atoms with Gasteiger partial charge in [-0.15, -0.1) is 0 Å². The van der Waals surface area contributed by atoms with Gasteiger partial charge in [0.1, 0.15) is 33.5 Å². The molecule has 3 heterocycles. The number of hydrogen-bond acceptors (Lipinski definition) is 3. The molecule has 0 bridgehead atoms. The van der Waals surface area contributed by atoms with E-state index in [1.54, 1.807) is 0 Å². The van der Waals surface area contributed by atoms with Crippen molar-refractivity contribution in [3.63, 3.8) is 0 Å². The maximum absolute atomic E-state index is 6.90. The second-order valence-electron chi connectivity index (χ2n) is 13.2. The van der Waals surface area contributed by atoms with Crippen LogP contribution in [0.5, 0.6) is 0 Å². The van der Waals surface area contributed by atoms with Crippen LogP contribution in [0.15, 0.2) is 183 Å². The van der Waals surface area contributed by atoms with Crippen molar-refractivity contribution in [1.82, 2.24) is 0 Å². The van der Waals surface area contributed by atoms with Gasteiger partial charge in [-0.3, -0.25) is 0 Å². The summed E-state index contributed by atoms with van der Waals surface area (Å²) in [5, 5.41) is 6.70. The van der Waals surface area contributed by atoms with E-state index in [4.69, 9.17) is 13.3 Å². The van der Waals surface area contributed by atoms with Crippen molar-refractivity contribution in [3.05, 3.63) is 170 Å². The first kappa shape index (κ1) is 28.0. The van der Waals surface area contributed by atoms with E-state index in [1.165, 1.54) is 0 Å². The van der Waals surface area contributed by atoms with Crippen LogP contribution in [0.2, 0.25) is 0 Å². The zero-order valence-corrected chi connectivity index (χ0v) is 27.4. The fourth-order valence-electron chi connectivity index (χ4n) is 7.93. The van der Waals surface area contributed by atoms with E-state index in [0.29, 0.717) is 0 Å². The van der Waals surface area contributed by atoms with Crippen LogP contribution in [-0.2, 0) is 0 Å². The summed E-state index contributed by atoms with van der Waals surface area (Å²) in [4.78, 5) is 0. The second-order valence-corrected chi connectivity index (χ2v) is 13.2. The van der Waals surface area contributed by atoms with Gasteiger partial charge in [-0.1, -0.05) is 146 Å². The van der Waals surface area contributed by atoms with Crippen molar-refractivity contribution in [2.75, 3.05) is 0 Å². The van der Waals surface area contributed by atoms with Gasteiger partial charge in [0.25, 0.3) is 0 Å². The summed E-state index contributed by atoms with van der Waals surface area (Å²) >= 11 is 0. The molecule has 238 valence electrons. The molecule has 0 saturated heterocycles. The van der Waals surface area contributed by atoms with Gasteiger partial charge in [-0.2, -0.15) is 0 Å². The summed E-state index contributed by atoms with van der Waals surface area (Å²) in [7, 11) is 0. The number of fused-ring (bicyclic) bond motifs is 9. The first-order chi connectivity index (χ1) is 25.3. The Hall–Kier alpha value is -6.84. The first-order valence-electron chi connectivity index (χ1n) is 17.2. The van der Waals surface area contributed by atoms with Gasteiger partial charge in [0, 0.05) is 54.6 Å². The Morgan fingerprint density at radius 3 is 0.922 bits per heavy atom. The Bertz CT molecular complexity index is 2940. The van der Waals surface area contributed by atoms with E-state index in [9.17, 15) is 0 Å². The van der Waals surface area contributed by atoms with E-state index in [-0.39, 0.29) is 0 Å². The first-order valence-corrected chi connectivity index (χ1v) is 17.2. The van der Waals surface area contributed by atoms with E-state index < -0.39 is 0 Å². The number of para-hydroxylation sites is 6. The van der Waals surface area contributed by atoms with Crippen molar-refractivity contribution in [3.8, 4) is 44.5 Å². The lowest BCUT2D eigenvalue weighted by atomic mass is 9.95. The Kier molecular flexibility index (Phi) is 5.96. The number of hydrogen-bond donors (Lipinski definition) is 0. The fourth-order valence-corrected chi connectivity index (χ4v) is 7.93. The normalized spacial score (nSPS) is 11.9. The molecule has 0 unspecified atom stereocenters. The molecule has 0 N–H and O–H groups in total. The van der Waals surface area contributed by atoms with Gasteiger partial charge in [0.2, 0.25) is 0 Å². The van der Waals surface area contributed by atoms with E-state index >= 15 is 0 Å². The molecule has 3 nitrogen and oxygen atoms in total. The molecule has 0 spiro atoms. The largest absolute Gasteiger partial charge is 0.455 e. The molecule has 0 aliphatic heterocycles. The van der Waals surface area contributed by atoms with Crippen LogP contribution in [0, 0.1) is 0 Å². The maximum atomic E-state index is 6.90. The fraction of sp³-hybridized carbons (Fsp3) is 0. The van der Waals surface area contributed by atoms with Crippen molar-refractivity contribution in [2.45, 2.75) is 0 Å². The molecule has 11 rings (SSSR count). The lowest BCUT2D eigenvalue weighted by Crippen LogP contribution is -1.83. The number of furan rings is 3. The van der Waals surface area contributed by atoms with E-state index in [2.05, 4.69) is 146 Å². The molecule has 0 aliphatic rings. The minimum absolute atomic E-state index is 0.877. The number of benzene rings is 8. The molecule has 3 aromatic heterocycles. The smallest absolute Gasteiger partial charge is 0.143 e. The lowest BCUT2D eigenvalue weighted by molar-refractivity contribution is 0.669. The molecule has 0 amide bonds. The summed E-state index contributed by atoms with van der Waals surface area (Å²) in [6, 6.07) is 59.5. The Labute approximate surface area is 292 Å². The summed E-state index contributed by atoms with van der Waals surface area (Å²) in [5.41, 5.74) is 14.0. The van der Waals surface area contributed by atoms with Gasteiger partial charge >= 0.3 is 0 Å². The minimum Gasteiger partial charge on any atom is -0.455 e. The molecule has 11 aromatic rings. The third kappa shape index (κ3) is 4.25. The molecule has 51 heavy (non-hydrogen) atoms. The highest BCUT2D eigenvalue weighted by Crippen LogP contribution is 2.43. The molecule has 0 fully saturated rings. The predicted octanol–water partition coefficient (Wildman–Crippen LogP) is 14.1. The SMILES string of the molecule is c1cc(-c2cccc3c2oc2ccccc23)cc(-c2cccc3c2oc2c(-c4cccc(-c5cccc6c5oc5ccccc56)c4)cccc23)c1. The van der Waals surface area contributed by atoms with Crippen LogP contribution in [0.4, 0.5) is 0 Å². The van der Waals surface area contributed by atoms with Crippen LogP contribution >= 0.6 is 0 Å².